The van der Waals surface area contributed by atoms with Gasteiger partial charge in [-0.1, -0.05) is 15.9 Å². The van der Waals surface area contributed by atoms with Crippen LogP contribution >= 0.6 is 15.9 Å². The van der Waals surface area contributed by atoms with Crippen molar-refractivity contribution in [2.75, 3.05) is 0 Å². The molecule has 0 unspecified atom stereocenters. The largest absolute Gasteiger partial charge is 1.00 e. The molecule has 0 amide bonds. The van der Waals surface area contributed by atoms with Crippen LogP contribution in [0, 0.1) is 0 Å². The van der Waals surface area contributed by atoms with Gasteiger partial charge in [0.1, 0.15) is 0 Å². The first kappa shape index (κ1) is 12.6. The molecule has 0 saturated heterocycles. The molecule has 0 atom stereocenters. The van der Waals surface area contributed by atoms with Gasteiger partial charge in [-0.05, 0) is 18.2 Å². The van der Waals surface area contributed by atoms with Crippen molar-refractivity contribution < 1.29 is 40.1 Å². The first-order chi connectivity index (χ1) is 3.39. The summed E-state index contributed by atoms with van der Waals surface area (Å²) in [6, 6.07) is 0. The third kappa shape index (κ3) is 5.41. The van der Waals surface area contributed by atoms with E-state index in [-0.39, 0.29) is 40.1 Å². The Labute approximate surface area is 90.1 Å². The van der Waals surface area contributed by atoms with Gasteiger partial charge in [-0.3, -0.25) is 0 Å². The van der Waals surface area contributed by atoms with E-state index >= 15 is 0 Å². The molecule has 0 spiro atoms. The molecule has 9 heavy (non-hydrogen) atoms. The predicted molar refractivity (Wildman–Crippen MR) is 34.3 cm³/mol. The molecular weight excluding hydrogens is 388 g/mol. The number of rotatable bonds is 0. The average molecular weight is 393 g/mol. The second-order valence-corrected chi connectivity index (χ2v) is 2.37. The summed E-state index contributed by atoms with van der Waals surface area (Å²) in [5, 5.41) is 0. The van der Waals surface area contributed by atoms with Crippen molar-refractivity contribution >= 4 is 15.9 Å². The number of allylic oxidation sites excluding steroid dienone is 3. The van der Waals surface area contributed by atoms with Crippen molar-refractivity contribution in [2.45, 2.75) is 6.42 Å². The maximum absolute atomic E-state index is 3.35. The Balaban J connectivity index is 0. The predicted octanol–water partition coefficient (Wildman–Crippen LogP) is -0.618. The van der Waals surface area contributed by atoms with Crippen LogP contribution in [0.15, 0.2) is 28.4 Å². The first-order valence-electron chi connectivity index (χ1n) is 2.15. The van der Waals surface area contributed by atoms with Crippen LogP contribution in [0.1, 0.15) is 6.42 Å². The van der Waals surface area contributed by atoms with Crippen LogP contribution in [0.4, 0.5) is 0 Å². The SMILES string of the molecule is BrC1=CC=C=CC1.[Cl-].[Hg+]. The summed E-state index contributed by atoms with van der Waals surface area (Å²) in [7, 11) is 0. The van der Waals surface area contributed by atoms with Crippen molar-refractivity contribution in [3.05, 3.63) is 28.4 Å². The Kier molecular flexibility index (Phi) is 9.93. The number of halogens is 2. The fraction of sp³-hybridized carbons (Fsp3) is 0.167. The summed E-state index contributed by atoms with van der Waals surface area (Å²) >= 11 is 3.35. The molecule has 1 aliphatic carbocycles. The van der Waals surface area contributed by atoms with Gasteiger partial charge in [-0.25, -0.2) is 0 Å². The fourth-order valence-electron chi connectivity index (χ4n) is 0.431. The summed E-state index contributed by atoms with van der Waals surface area (Å²) in [6.07, 6.45) is 6.88. The topological polar surface area (TPSA) is 0 Å². The summed E-state index contributed by atoms with van der Waals surface area (Å²) in [4.78, 5) is 0. The van der Waals surface area contributed by atoms with Crippen LogP contribution < -0.4 is 12.4 Å². The summed E-state index contributed by atoms with van der Waals surface area (Å²) < 4.78 is 1.23. The van der Waals surface area contributed by atoms with Gasteiger partial charge >= 0.3 is 27.7 Å². The molecule has 0 aromatic carbocycles. The maximum atomic E-state index is 3.35. The van der Waals surface area contributed by atoms with Crippen LogP contribution in [0.25, 0.3) is 0 Å². The molecule has 1 aliphatic rings. The number of hydrogen-bond acceptors (Lipinski definition) is 0. The van der Waals surface area contributed by atoms with Crippen LogP contribution in [-0.4, -0.2) is 0 Å². The minimum absolute atomic E-state index is 0. The zero-order valence-electron chi connectivity index (χ0n) is 4.90. The molecule has 0 aromatic rings. The molecule has 1 rings (SSSR count). The fourth-order valence-corrected chi connectivity index (χ4v) is 0.725. The van der Waals surface area contributed by atoms with E-state index in [1.807, 2.05) is 18.2 Å². The van der Waals surface area contributed by atoms with Gasteiger partial charge in [0.2, 0.25) is 0 Å². The normalized spacial score (nSPS) is 13.2. The van der Waals surface area contributed by atoms with Crippen LogP contribution in [0.5, 0.6) is 0 Å². The molecule has 3 heteroatoms. The molecular formula is C6H5BrClHg. The van der Waals surface area contributed by atoms with Crippen LogP contribution in [0.3, 0.4) is 0 Å². The molecule has 0 nitrogen and oxygen atoms in total. The van der Waals surface area contributed by atoms with E-state index < -0.39 is 0 Å². The molecule has 0 aliphatic heterocycles. The average Bonchev–Trinajstić information content (AvgIpc) is 1.69. The van der Waals surface area contributed by atoms with Gasteiger partial charge in [-0.15, -0.1) is 5.73 Å². The summed E-state index contributed by atoms with van der Waals surface area (Å²) in [6.45, 7) is 0. The Hall–Kier alpha value is 0.965. The second-order valence-electron chi connectivity index (χ2n) is 1.36. The van der Waals surface area contributed by atoms with E-state index in [0.717, 1.165) is 6.42 Å². The van der Waals surface area contributed by atoms with Crippen molar-refractivity contribution in [1.82, 2.24) is 0 Å². The summed E-state index contributed by atoms with van der Waals surface area (Å²) in [5.74, 6) is 0. The van der Waals surface area contributed by atoms with E-state index in [2.05, 4.69) is 21.7 Å². The quantitative estimate of drug-likeness (QED) is 0.381. The van der Waals surface area contributed by atoms with Crippen molar-refractivity contribution in [1.29, 1.82) is 0 Å². The minimum atomic E-state index is 0. The molecule has 0 saturated carbocycles. The molecule has 0 heterocycles. The number of hydrogen-bond donors (Lipinski definition) is 0. The smallest absolute Gasteiger partial charge is 1.00 e. The monoisotopic (exact) mass is 393 g/mol. The molecule has 0 bridgehead atoms. The maximum Gasteiger partial charge on any atom is 1.00 e. The zero-order valence-corrected chi connectivity index (χ0v) is 12.7. The van der Waals surface area contributed by atoms with E-state index in [0.29, 0.717) is 0 Å². The van der Waals surface area contributed by atoms with Gasteiger partial charge in [0, 0.05) is 10.9 Å². The molecule has 0 fully saturated rings. The molecule has 0 aromatic heterocycles. The van der Waals surface area contributed by atoms with E-state index in [1.165, 1.54) is 4.48 Å². The Morgan fingerprint density at radius 3 is 2.44 bits per heavy atom. The molecule has 0 N–H and O–H groups in total. The van der Waals surface area contributed by atoms with E-state index in [1.54, 1.807) is 0 Å². The van der Waals surface area contributed by atoms with Crippen LogP contribution in [-0.2, 0) is 27.7 Å². The molecule has 1 radical (unpaired) electrons. The van der Waals surface area contributed by atoms with Gasteiger partial charge in [0.05, 0.1) is 0 Å². The Morgan fingerprint density at radius 2 is 2.22 bits per heavy atom. The van der Waals surface area contributed by atoms with E-state index in [9.17, 15) is 0 Å². The second kappa shape index (κ2) is 7.08. The third-order valence-corrected chi connectivity index (χ3v) is 1.36. The van der Waals surface area contributed by atoms with Crippen LogP contribution in [0.2, 0.25) is 0 Å². The van der Waals surface area contributed by atoms with Gasteiger partial charge < -0.3 is 12.4 Å². The van der Waals surface area contributed by atoms with Gasteiger partial charge in [0.15, 0.2) is 0 Å². The zero-order chi connectivity index (χ0) is 5.11. The summed E-state index contributed by atoms with van der Waals surface area (Å²) in [5.41, 5.74) is 2.96. The van der Waals surface area contributed by atoms with Gasteiger partial charge in [0.25, 0.3) is 0 Å². The Bertz CT molecular complexity index is 156. The van der Waals surface area contributed by atoms with E-state index in [4.69, 9.17) is 0 Å². The third-order valence-electron chi connectivity index (χ3n) is 0.775. The minimum Gasteiger partial charge on any atom is -1.00 e. The standard InChI is InChI=1S/C6H5Br.ClH.Hg/c7-6-4-2-1-3-5-6;;/h2-4H,5H2;1H;/q;;+1/p-1. The Morgan fingerprint density at radius 1 is 1.56 bits per heavy atom. The van der Waals surface area contributed by atoms with Crippen molar-refractivity contribution in [2.24, 2.45) is 0 Å². The van der Waals surface area contributed by atoms with Gasteiger partial charge in [-0.2, -0.15) is 0 Å². The first-order valence-corrected chi connectivity index (χ1v) is 2.94. The van der Waals surface area contributed by atoms with Crippen molar-refractivity contribution in [3.8, 4) is 0 Å². The van der Waals surface area contributed by atoms with Crippen molar-refractivity contribution in [3.63, 3.8) is 0 Å². The molecule has 45 valence electrons.